The minimum absolute atomic E-state index is 0.0624. The zero-order valence-corrected chi connectivity index (χ0v) is 19.3. The molecule has 0 aliphatic carbocycles. The highest BCUT2D eigenvalue weighted by Gasteiger charge is 2.15. The molecule has 1 unspecified atom stereocenters. The third kappa shape index (κ3) is 10.2. The van der Waals surface area contributed by atoms with Crippen LogP contribution < -0.4 is 10.5 Å². The lowest BCUT2D eigenvalue weighted by Gasteiger charge is -2.16. The second-order valence-corrected chi connectivity index (χ2v) is 8.83. The predicted molar refractivity (Wildman–Crippen MR) is 117 cm³/mol. The van der Waals surface area contributed by atoms with Crippen LogP contribution in [0, 0.1) is 30.4 Å². The van der Waals surface area contributed by atoms with E-state index in [1.54, 1.807) is 33.8 Å². The average Bonchev–Trinajstić information content (AvgIpc) is 2.60. The van der Waals surface area contributed by atoms with Crippen molar-refractivity contribution in [2.45, 2.75) is 60.5 Å². The van der Waals surface area contributed by atoms with Gasteiger partial charge in [-0.2, -0.15) is 0 Å². The van der Waals surface area contributed by atoms with E-state index in [0.717, 1.165) is 18.6 Å². The minimum atomic E-state index is -0.725. The lowest BCUT2D eigenvalue weighted by atomic mass is 10.00. The van der Waals surface area contributed by atoms with Crippen LogP contribution in [0.15, 0.2) is 24.4 Å². The number of carbonyl (C=O) groups excluding carboxylic acids is 1. The second-order valence-electron chi connectivity index (χ2n) is 8.83. The Balaban J connectivity index is 0.000000512. The summed E-state index contributed by atoms with van der Waals surface area (Å²) >= 11 is 0. The van der Waals surface area contributed by atoms with Crippen molar-refractivity contribution < 1.29 is 23.0 Å². The molecule has 1 heterocycles. The van der Waals surface area contributed by atoms with Crippen LogP contribution in [0.1, 0.15) is 53.8 Å². The molecule has 172 valence electrons. The fraction of sp³-hybridized carbons (Fsp3) is 0.522. The highest BCUT2D eigenvalue weighted by atomic mass is 19.1. The van der Waals surface area contributed by atoms with E-state index in [0.29, 0.717) is 24.0 Å². The highest BCUT2D eigenvalue weighted by molar-refractivity contribution is 5.65. The van der Waals surface area contributed by atoms with Crippen molar-refractivity contribution in [2.75, 3.05) is 6.61 Å². The Morgan fingerprint density at radius 3 is 2.29 bits per heavy atom. The number of amides is 1. The Labute approximate surface area is 183 Å². The van der Waals surface area contributed by atoms with E-state index in [4.69, 9.17) is 10.5 Å². The van der Waals surface area contributed by atoms with E-state index in [1.807, 2.05) is 6.92 Å². The van der Waals surface area contributed by atoms with Gasteiger partial charge in [0.2, 0.25) is 0 Å². The number of aromatic nitrogens is 2. The van der Waals surface area contributed by atoms with Crippen LogP contribution >= 0.6 is 0 Å². The summed E-state index contributed by atoms with van der Waals surface area (Å²) < 4.78 is 38.5. The minimum Gasteiger partial charge on any atom is -0.490 e. The van der Waals surface area contributed by atoms with Gasteiger partial charge >= 0.3 is 6.09 Å². The average molecular weight is 438 g/mol. The lowest BCUT2D eigenvalue weighted by Crippen LogP contribution is -2.27. The van der Waals surface area contributed by atoms with Gasteiger partial charge in [0.05, 0.1) is 12.3 Å². The molecule has 1 atom stereocenters. The number of ether oxygens (including phenoxy) is 2. The summed E-state index contributed by atoms with van der Waals surface area (Å²) in [6.45, 7) is 13.6. The molecule has 0 aliphatic rings. The van der Waals surface area contributed by atoms with E-state index in [-0.39, 0.29) is 17.2 Å². The number of rotatable bonds is 6. The van der Waals surface area contributed by atoms with Gasteiger partial charge in [0, 0.05) is 17.8 Å². The molecule has 0 fully saturated rings. The Morgan fingerprint density at radius 1 is 1.16 bits per heavy atom. The molecule has 2 rings (SSSR count). The number of primary amides is 1. The molecule has 0 bridgehead atoms. The first-order chi connectivity index (χ1) is 14.3. The first-order valence-electron chi connectivity index (χ1n) is 10.2. The summed E-state index contributed by atoms with van der Waals surface area (Å²) in [6.07, 6.45) is 1.77. The molecule has 1 aromatic heterocycles. The molecule has 0 aliphatic heterocycles. The van der Waals surface area contributed by atoms with Gasteiger partial charge < -0.3 is 15.2 Å². The summed E-state index contributed by atoms with van der Waals surface area (Å²) in [5.41, 5.74) is 4.73. The summed E-state index contributed by atoms with van der Waals surface area (Å²) in [5, 5.41) is 0. The first-order valence-corrected chi connectivity index (χ1v) is 10.2. The monoisotopic (exact) mass is 437 g/mol. The number of carbonyl (C=O) groups is 1. The summed E-state index contributed by atoms with van der Waals surface area (Å²) in [7, 11) is 0. The fourth-order valence-corrected chi connectivity index (χ4v) is 2.85. The maximum atomic E-state index is 14.3. The Hall–Kier alpha value is -2.77. The topological polar surface area (TPSA) is 87.3 Å². The second kappa shape index (κ2) is 11.6. The normalized spacial score (nSPS) is 12.1. The number of hydrogen-bond acceptors (Lipinski definition) is 5. The van der Waals surface area contributed by atoms with Crippen molar-refractivity contribution in [2.24, 2.45) is 17.6 Å². The zero-order chi connectivity index (χ0) is 23.8. The van der Waals surface area contributed by atoms with Gasteiger partial charge in [0.1, 0.15) is 17.2 Å². The van der Waals surface area contributed by atoms with Crippen LogP contribution in [0.2, 0.25) is 0 Å². The first kappa shape index (κ1) is 26.3. The number of nitrogens with zero attached hydrogens (tertiary/aromatic N) is 2. The van der Waals surface area contributed by atoms with E-state index in [9.17, 15) is 13.6 Å². The molecule has 1 amide bonds. The van der Waals surface area contributed by atoms with Crippen molar-refractivity contribution in [1.82, 2.24) is 9.97 Å². The number of hydrogen-bond donors (Lipinski definition) is 1. The molecule has 0 saturated carbocycles. The number of benzene rings is 1. The van der Waals surface area contributed by atoms with E-state index >= 15 is 0 Å². The van der Waals surface area contributed by atoms with Crippen molar-refractivity contribution >= 4 is 6.09 Å². The number of halogens is 2. The Morgan fingerprint density at radius 2 is 1.81 bits per heavy atom. The maximum Gasteiger partial charge on any atom is 0.405 e. The van der Waals surface area contributed by atoms with Gasteiger partial charge in [0.15, 0.2) is 11.6 Å². The maximum absolute atomic E-state index is 14.3. The molecule has 6 nitrogen and oxygen atoms in total. The van der Waals surface area contributed by atoms with Crippen LogP contribution in [-0.4, -0.2) is 28.3 Å². The van der Waals surface area contributed by atoms with Crippen LogP contribution in [0.4, 0.5) is 13.6 Å². The molecule has 0 saturated heterocycles. The van der Waals surface area contributed by atoms with Gasteiger partial charge in [0.25, 0.3) is 0 Å². The molecule has 2 N–H and O–H groups in total. The Kier molecular flexibility index (Phi) is 9.81. The lowest BCUT2D eigenvalue weighted by molar-refractivity contribution is 0.0600. The molecule has 0 spiro atoms. The standard InChI is InChI=1S/C18H22F2N2O.C5H11NO2/c1-11(2)7-12(3)10-23-18-9-15(19)14(8-16(18)20)17-5-6-21-13(4)22-17;1-5(2,3)8-4(6)7/h5-6,8-9,11-12H,7,10H2,1-4H3;1-3H3,(H2,6,7). The number of nitrogens with two attached hydrogens (primary N) is 1. The molecular weight excluding hydrogens is 404 g/mol. The fourth-order valence-electron chi connectivity index (χ4n) is 2.85. The smallest absolute Gasteiger partial charge is 0.405 e. The zero-order valence-electron chi connectivity index (χ0n) is 19.3. The van der Waals surface area contributed by atoms with Crippen molar-refractivity contribution in [1.29, 1.82) is 0 Å². The summed E-state index contributed by atoms with van der Waals surface area (Å²) in [6, 6.07) is 3.76. The molecule has 8 heteroatoms. The molecule has 31 heavy (non-hydrogen) atoms. The van der Waals surface area contributed by atoms with Gasteiger partial charge in [-0.25, -0.2) is 23.5 Å². The Bertz CT molecular complexity index is 868. The predicted octanol–water partition coefficient (Wildman–Crippen LogP) is 5.67. The molecular formula is C23H33F2N3O3. The van der Waals surface area contributed by atoms with Crippen molar-refractivity contribution in [3.63, 3.8) is 0 Å². The van der Waals surface area contributed by atoms with Crippen LogP contribution in [0.25, 0.3) is 11.3 Å². The molecule has 0 radical (unpaired) electrons. The summed E-state index contributed by atoms with van der Waals surface area (Å²) in [5.74, 6) is 0.114. The SMILES string of the molecule is CC(C)(C)OC(N)=O.Cc1nccc(-c2cc(F)c(OCC(C)CC(C)C)cc2F)n1. The third-order valence-corrected chi connectivity index (χ3v) is 3.88. The van der Waals surface area contributed by atoms with Crippen LogP contribution in [0.3, 0.4) is 0 Å². The van der Waals surface area contributed by atoms with Crippen LogP contribution in [0.5, 0.6) is 5.75 Å². The summed E-state index contributed by atoms with van der Waals surface area (Å²) in [4.78, 5) is 18.1. The van der Waals surface area contributed by atoms with Crippen molar-refractivity contribution in [3.8, 4) is 17.0 Å². The van der Waals surface area contributed by atoms with Gasteiger partial charge in [-0.3, -0.25) is 0 Å². The highest BCUT2D eigenvalue weighted by Crippen LogP contribution is 2.28. The van der Waals surface area contributed by atoms with E-state index in [2.05, 4.69) is 28.6 Å². The number of aryl methyl sites for hydroxylation is 1. The van der Waals surface area contributed by atoms with Crippen LogP contribution in [-0.2, 0) is 4.74 Å². The third-order valence-electron chi connectivity index (χ3n) is 3.88. The van der Waals surface area contributed by atoms with Gasteiger partial charge in [-0.15, -0.1) is 0 Å². The van der Waals surface area contributed by atoms with E-state index in [1.165, 1.54) is 6.20 Å². The van der Waals surface area contributed by atoms with Gasteiger partial charge in [-0.1, -0.05) is 20.8 Å². The molecule has 2 aromatic rings. The largest absolute Gasteiger partial charge is 0.490 e. The van der Waals surface area contributed by atoms with E-state index < -0.39 is 23.3 Å². The van der Waals surface area contributed by atoms with Gasteiger partial charge in [-0.05, 0) is 58.1 Å². The molecule has 1 aromatic carbocycles. The quantitative estimate of drug-likeness (QED) is 0.629. The van der Waals surface area contributed by atoms with Crippen molar-refractivity contribution in [3.05, 3.63) is 41.9 Å².